The number of aromatic nitrogens is 2. The van der Waals surface area contributed by atoms with Crippen molar-refractivity contribution in [3.05, 3.63) is 47.6 Å². The third-order valence-electron chi connectivity index (χ3n) is 4.63. The standard InChI is InChI=1S/C18H23N3O2/c1-2-4-14(5-3-1)10-17-19-18(23-20-17)12-21(16-6-7-16)11-15-8-9-22-13-15/h1-5,15-16H,6-13H2. The van der Waals surface area contributed by atoms with E-state index in [1.165, 1.54) is 24.8 Å². The highest BCUT2D eigenvalue weighted by Gasteiger charge is 2.32. The molecule has 2 aliphatic rings. The maximum absolute atomic E-state index is 5.50. The molecule has 2 aromatic rings. The Balaban J connectivity index is 1.37. The first kappa shape index (κ1) is 14.8. The molecule has 23 heavy (non-hydrogen) atoms. The summed E-state index contributed by atoms with van der Waals surface area (Å²) in [6, 6.07) is 11.0. The number of rotatable bonds is 7. The number of nitrogens with zero attached hydrogens (tertiary/aromatic N) is 3. The normalized spacial score (nSPS) is 21.2. The highest BCUT2D eigenvalue weighted by Crippen LogP contribution is 2.30. The Morgan fingerprint density at radius 3 is 2.74 bits per heavy atom. The summed E-state index contributed by atoms with van der Waals surface area (Å²) < 4.78 is 11.0. The van der Waals surface area contributed by atoms with Gasteiger partial charge in [-0.25, -0.2) is 0 Å². The fraction of sp³-hybridized carbons (Fsp3) is 0.556. The van der Waals surface area contributed by atoms with Crippen molar-refractivity contribution < 1.29 is 9.26 Å². The summed E-state index contributed by atoms with van der Waals surface area (Å²) >= 11 is 0. The number of benzene rings is 1. The van der Waals surface area contributed by atoms with E-state index in [2.05, 4.69) is 27.2 Å². The van der Waals surface area contributed by atoms with E-state index in [-0.39, 0.29) is 0 Å². The van der Waals surface area contributed by atoms with Crippen molar-refractivity contribution >= 4 is 0 Å². The molecule has 0 amide bonds. The lowest BCUT2D eigenvalue weighted by atomic mass is 10.1. The van der Waals surface area contributed by atoms with Gasteiger partial charge >= 0.3 is 0 Å². The lowest BCUT2D eigenvalue weighted by Gasteiger charge is -2.22. The number of hydrogen-bond donors (Lipinski definition) is 0. The fourth-order valence-corrected chi connectivity index (χ4v) is 3.22. The summed E-state index contributed by atoms with van der Waals surface area (Å²) in [6.07, 6.45) is 4.48. The van der Waals surface area contributed by atoms with Crippen LogP contribution in [-0.2, 0) is 17.7 Å². The third kappa shape index (κ3) is 3.98. The van der Waals surface area contributed by atoms with Crippen LogP contribution in [0.1, 0.15) is 36.5 Å². The van der Waals surface area contributed by atoms with E-state index in [9.17, 15) is 0 Å². The van der Waals surface area contributed by atoms with E-state index < -0.39 is 0 Å². The van der Waals surface area contributed by atoms with Crippen LogP contribution < -0.4 is 0 Å². The summed E-state index contributed by atoms with van der Waals surface area (Å²) in [5.74, 6) is 2.16. The molecule has 1 aromatic heterocycles. The van der Waals surface area contributed by atoms with Crippen molar-refractivity contribution in [2.75, 3.05) is 19.8 Å². The molecule has 0 spiro atoms. The van der Waals surface area contributed by atoms with Gasteiger partial charge in [-0.3, -0.25) is 4.90 Å². The van der Waals surface area contributed by atoms with Crippen molar-refractivity contribution in [1.29, 1.82) is 0 Å². The van der Waals surface area contributed by atoms with Crippen LogP contribution in [-0.4, -0.2) is 40.8 Å². The predicted octanol–water partition coefficient (Wildman–Crippen LogP) is 2.66. The molecule has 1 saturated carbocycles. The first-order chi connectivity index (χ1) is 11.4. The van der Waals surface area contributed by atoms with Gasteiger partial charge in [0.2, 0.25) is 5.89 Å². The Morgan fingerprint density at radius 1 is 1.13 bits per heavy atom. The van der Waals surface area contributed by atoms with Gasteiger partial charge in [0.15, 0.2) is 5.82 Å². The Morgan fingerprint density at radius 2 is 2.00 bits per heavy atom. The second-order valence-electron chi connectivity index (χ2n) is 6.66. The van der Waals surface area contributed by atoms with Crippen LogP contribution in [0.2, 0.25) is 0 Å². The molecule has 1 aliphatic heterocycles. The Bertz CT molecular complexity index is 618. The third-order valence-corrected chi connectivity index (χ3v) is 4.63. The van der Waals surface area contributed by atoms with Gasteiger partial charge in [-0.2, -0.15) is 4.98 Å². The minimum atomic E-state index is 0.655. The molecule has 1 unspecified atom stereocenters. The van der Waals surface area contributed by atoms with Gasteiger partial charge < -0.3 is 9.26 Å². The average Bonchev–Trinajstić information content (AvgIpc) is 3.12. The van der Waals surface area contributed by atoms with Crippen LogP contribution in [0.3, 0.4) is 0 Å². The largest absolute Gasteiger partial charge is 0.381 e. The van der Waals surface area contributed by atoms with Crippen LogP contribution >= 0.6 is 0 Å². The molecular formula is C18H23N3O2. The topological polar surface area (TPSA) is 51.4 Å². The summed E-state index contributed by atoms with van der Waals surface area (Å²) in [4.78, 5) is 7.08. The minimum Gasteiger partial charge on any atom is -0.381 e. The molecule has 5 nitrogen and oxygen atoms in total. The molecule has 1 aromatic carbocycles. The van der Waals surface area contributed by atoms with E-state index in [0.717, 1.165) is 44.4 Å². The van der Waals surface area contributed by atoms with Crippen LogP contribution in [0, 0.1) is 5.92 Å². The molecule has 0 radical (unpaired) electrons. The van der Waals surface area contributed by atoms with Gasteiger partial charge in [0, 0.05) is 25.6 Å². The molecule has 4 rings (SSSR count). The molecule has 5 heteroatoms. The van der Waals surface area contributed by atoms with Crippen molar-refractivity contribution in [3.63, 3.8) is 0 Å². The molecule has 2 heterocycles. The minimum absolute atomic E-state index is 0.655. The van der Waals surface area contributed by atoms with Crippen LogP contribution in [0.4, 0.5) is 0 Å². The monoisotopic (exact) mass is 313 g/mol. The Labute approximate surface area is 136 Å². The molecule has 0 N–H and O–H groups in total. The lowest BCUT2D eigenvalue weighted by molar-refractivity contribution is 0.153. The summed E-state index contributed by atoms with van der Waals surface area (Å²) in [5.41, 5.74) is 1.21. The Kier molecular flexibility index (Phi) is 4.39. The van der Waals surface area contributed by atoms with Gasteiger partial charge in [-0.05, 0) is 30.7 Å². The average molecular weight is 313 g/mol. The van der Waals surface area contributed by atoms with Crippen molar-refractivity contribution in [2.24, 2.45) is 5.92 Å². The zero-order valence-corrected chi connectivity index (χ0v) is 13.4. The van der Waals surface area contributed by atoms with Gasteiger partial charge in [0.1, 0.15) is 0 Å². The molecule has 0 bridgehead atoms. The molecular weight excluding hydrogens is 290 g/mol. The SMILES string of the molecule is c1ccc(Cc2noc(CN(CC3CCOC3)C3CC3)n2)cc1. The van der Waals surface area contributed by atoms with Gasteiger partial charge in [0.05, 0.1) is 13.2 Å². The highest BCUT2D eigenvalue weighted by atomic mass is 16.5. The first-order valence-electron chi connectivity index (χ1n) is 8.54. The Hall–Kier alpha value is -1.72. The maximum Gasteiger partial charge on any atom is 0.240 e. The molecule has 1 saturated heterocycles. The summed E-state index contributed by atoms with van der Waals surface area (Å²) in [5, 5.41) is 4.14. The molecule has 2 fully saturated rings. The quantitative estimate of drug-likeness (QED) is 0.786. The lowest BCUT2D eigenvalue weighted by Crippen LogP contribution is -2.31. The van der Waals surface area contributed by atoms with Gasteiger partial charge in [-0.1, -0.05) is 35.5 Å². The zero-order valence-electron chi connectivity index (χ0n) is 13.4. The molecule has 1 aliphatic carbocycles. The fourth-order valence-electron chi connectivity index (χ4n) is 3.22. The van der Waals surface area contributed by atoms with E-state index in [1.54, 1.807) is 0 Å². The highest BCUT2D eigenvalue weighted by molar-refractivity contribution is 5.18. The molecule has 122 valence electrons. The van der Waals surface area contributed by atoms with E-state index in [1.807, 2.05) is 18.2 Å². The van der Waals surface area contributed by atoms with E-state index in [0.29, 0.717) is 12.0 Å². The maximum atomic E-state index is 5.50. The molecule has 1 atom stereocenters. The van der Waals surface area contributed by atoms with Crippen molar-refractivity contribution in [3.8, 4) is 0 Å². The van der Waals surface area contributed by atoms with Crippen molar-refractivity contribution in [1.82, 2.24) is 15.0 Å². The van der Waals surface area contributed by atoms with E-state index >= 15 is 0 Å². The van der Waals surface area contributed by atoms with Crippen LogP contribution in [0.5, 0.6) is 0 Å². The smallest absolute Gasteiger partial charge is 0.240 e. The van der Waals surface area contributed by atoms with Gasteiger partial charge in [-0.15, -0.1) is 0 Å². The predicted molar refractivity (Wildman–Crippen MR) is 85.9 cm³/mol. The number of ether oxygens (including phenoxy) is 1. The zero-order chi connectivity index (χ0) is 15.5. The second kappa shape index (κ2) is 6.81. The van der Waals surface area contributed by atoms with E-state index in [4.69, 9.17) is 9.26 Å². The van der Waals surface area contributed by atoms with Crippen molar-refractivity contribution in [2.45, 2.75) is 38.3 Å². The number of hydrogen-bond acceptors (Lipinski definition) is 5. The first-order valence-corrected chi connectivity index (χ1v) is 8.54. The van der Waals surface area contributed by atoms with Gasteiger partial charge in [0.25, 0.3) is 0 Å². The summed E-state index contributed by atoms with van der Waals surface area (Å²) in [7, 11) is 0. The second-order valence-corrected chi connectivity index (χ2v) is 6.66. The van der Waals surface area contributed by atoms with Crippen LogP contribution in [0.15, 0.2) is 34.9 Å². The summed E-state index contributed by atoms with van der Waals surface area (Å²) in [6.45, 7) is 3.65. The van der Waals surface area contributed by atoms with Crippen LogP contribution in [0.25, 0.3) is 0 Å².